The van der Waals surface area contributed by atoms with Crippen LogP contribution in [0.5, 0.6) is 0 Å². The summed E-state index contributed by atoms with van der Waals surface area (Å²) in [5, 5.41) is 3.06. The second-order valence-electron chi connectivity index (χ2n) is 8.17. The van der Waals surface area contributed by atoms with Crippen molar-refractivity contribution in [2.24, 2.45) is 5.92 Å². The highest BCUT2D eigenvalue weighted by atomic mass is 16.2. The third-order valence-corrected chi connectivity index (χ3v) is 6.65. The van der Waals surface area contributed by atoms with Gasteiger partial charge in [0.25, 0.3) is 0 Å². The van der Waals surface area contributed by atoms with Crippen LogP contribution < -0.4 is 10.2 Å². The number of para-hydroxylation sites is 1. The number of likely N-dealkylation sites (tertiary alicyclic amines) is 2. The first-order chi connectivity index (χ1) is 12.7. The number of amides is 2. The zero-order valence-corrected chi connectivity index (χ0v) is 15.1. The number of piperidine rings is 1. The summed E-state index contributed by atoms with van der Waals surface area (Å²) in [6.07, 6.45) is 3.86. The molecule has 1 aromatic rings. The van der Waals surface area contributed by atoms with E-state index < -0.39 is 5.54 Å². The zero-order chi connectivity index (χ0) is 17.7. The number of nitrogens with one attached hydrogen (secondary N) is 1. The van der Waals surface area contributed by atoms with Crippen LogP contribution in [0, 0.1) is 5.92 Å². The van der Waals surface area contributed by atoms with Gasteiger partial charge in [-0.05, 0) is 37.8 Å². The number of nitrogens with zero attached hydrogens (tertiary/aromatic N) is 3. The molecule has 2 amide bonds. The van der Waals surface area contributed by atoms with Gasteiger partial charge in [-0.3, -0.25) is 14.5 Å². The molecule has 0 atom stereocenters. The van der Waals surface area contributed by atoms with E-state index in [1.807, 2.05) is 23.1 Å². The lowest BCUT2D eigenvalue weighted by molar-refractivity contribution is -0.140. The monoisotopic (exact) mass is 354 g/mol. The Labute approximate surface area is 154 Å². The van der Waals surface area contributed by atoms with Crippen LogP contribution in [0.3, 0.4) is 0 Å². The van der Waals surface area contributed by atoms with Crippen LogP contribution in [0.15, 0.2) is 30.3 Å². The van der Waals surface area contributed by atoms with Gasteiger partial charge in [-0.1, -0.05) is 18.2 Å². The number of rotatable bonds is 3. The molecular weight excluding hydrogens is 328 g/mol. The van der Waals surface area contributed by atoms with Crippen LogP contribution in [0.1, 0.15) is 25.7 Å². The molecule has 6 heteroatoms. The van der Waals surface area contributed by atoms with Gasteiger partial charge in [0.05, 0.1) is 6.67 Å². The van der Waals surface area contributed by atoms with Crippen molar-refractivity contribution in [1.82, 2.24) is 15.1 Å². The molecular formula is C20H26N4O2. The van der Waals surface area contributed by atoms with Crippen molar-refractivity contribution in [3.8, 4) is 0 Å². The number of hydrogen-bond acceptors (Lipinski definition) is 4. The normalized spacial score (nSPS) is 26.1. The van der Waals surface area contributed by atoms with Crippen molar-refractivity contribution in [3.63, 3.8) is 0 Å². The molecule has 4 aliphatic rings. The molecule has 1 spiro atoms. The van der Waals surface area contributed by atoms with Crippen LogP contribution in [0.2, 0.25) is 0 Å². The minimum Gasteiger partial charge on any atom is -0.339 e. The maximum Gasteiger partial charge on any atom is 0.247 e. The van der Waals surface area contributed by atoms with Gasteiger partial charge < -0.3 is 15.1 Å². The smallest absolute Gasteiger partial charge is 0.247 e. The van der Waals surface area contributed by atoms with Crippen molar-refractivity contribution in [2.75, 3.05) is 37.7 Å². The topological polar surface area (TPSA) is 55.9 Å². The summed E-state index contributed by atoms with van der Waals surface area (Å²) in [7, 11) is 0. The van der Waals surface area contributed by atoms with Gasteiger partial charge in [-0.25, -0.2) is 0 Å². The predicted molar refractivity (Wildman–Crippen MR) is 98.6 cm³/mol. The van der Waals surface area contributed by atoms with Crippen molar-refractivity contribution >= 4 is 17.5 Å². The third kappa shape index (κ3) is 2.50. The number of carbonyl (C=O) groups is 2. The van der Waals surface area contributed by atoms with E-state index in [4.69, 9.17) is 0 Å². The van der Waals surface area contributed by atoms with E-state index in [1.54, 1.807) is 0 Å². The van der Waals surface area contributed by atoms with Crippen LogP contribution in [0.25, 0.3) is 0 Å². The van der Waals surface area contributed by atoms with Gasteiger partial charge in [-0.2, -0.15) is 0 Å². The molecule has 1 saturated carbocycles. The lowest BCUT2D eigenvalue weighted by Gasteiger charge is -2.50. The van der Waals surface area contributed by atoms with E-state index >= 15 is 0 Å². The van der Waals surface area contributed by atoms with Gasteiger partial charge in [0.1, 0.15) is 5.54 Å². The summed E-state index contributed by atoms with van der Waals surface area (Å²) in [6, 6.07) is 10.7. The number of carbonyl (C=O) groups excluding carboxylic acids is 2. The molecule has 0 bridgehead atoms. The van der Waals surface area contributed by atoms with Gasteiger partial charge in [0.15, 0.2) is 0 Å². The SMILES string of the molecule is O=C(C1CC1)N1CC(N2CCC3(CC2)C(=O)NCN3c2ccccc2)C1. The summed E-state index contributed by atoms with van der Waals surface area (Å²) in [5.74, 6) is 0.850. The molecule has 138 valence electrons. The Kier molecular flexibility index (Phi) is 3.71. The van der Waals surface area contributed by atoms with E-state index in [0.29, 0.717) is 24.5 Å². The van der Waals surface area contributed by atoms with Gasteiger partial charge >= 0.3 is 0 Å². The van der Waals surface area contributed by atoms with Crippen molar-refractivity contribution < 1.29 is 9.59 Å². The van der Waals surface area contributed by atoms with Crippen molar-refractivity contribution in [3.05, 3.63) is 30.3 Å². The summed E-state index contributed by atoms with van der Waals surface area (Å²) >= 11 is 0. The molecule has 5 rings (SSSR count). The average molecular weight is 354 g/mol. The van der Waals surface area contributed by atoms with Gasteiger partial charge in [0.2, 0.25) is 11.8 Å². The fourth-order valence-electron chi connectivity index (χ4n) is 4.75. The van der Waals surface area contributed by atoms with Crippen LogP contribution in [0.4, 0.5) is 5.69 Å². The Morgan fingerprint density at radius 1 is 1.08 bits per heavy atom. The van der Waals surface area contributed by atoms with Gasteiger partial charge in [-0.15, -0.1) is 0 Å². The maximum absolute atomic E-state index is 12.7. The van der Waals surface area contributed by atoms with Crippen LogP contribution in [-0.2, 0) is 9.59 Å². The first kappa shape index (κ1) is 16.1. The summed E-state index contributed by atoms with van der Waals surface area (Å²) in [5.41, 5.74) is 0.703. The Balaban J connectivity index is 1.23. The maximum atomic E-state index is 12.7. The average Bonchev–Trinajstić information content (AvgIpc) is 3.43. The second kappa shape index (κ2) is 5.98. The fraction of sp³-hybridized carbons (Fsp3) is 0.600. The molecule has 1 aliphatic carbocycles. The summed E-state index contributed by atoms with van der Waals surface area (Å²) in [6.45, 7) is 4.18. The van der Waals surface area contributed by atoms with Crippen molar-refractivity contribution in [2.45, 2.75) is 37.3 Å². The molecule has 26 heavy (non-hydrogen) atoms. The largest absolute Gasteiger partial charge is 0.339 e. The Morgan fingerprint density at radius 2 is 1.77 bits per heavy atom. The molecule has 3 saturated heterocycles. The first-order valence-electron chi connectivity index (χ1n) is 9.81. The molecule has 6 nitrogen and oxygen atoms in total. The molecule has 0 radical (unpaired) electrons. The molecule has 1 N–H and O–H groups in total. The molecule has 3 heterocycles. The molecule has 3 aliphatic heterocycles. The first-order valence-corrected chi connectivity index (χ1v) is 9.81. The molecule has 1 aromatic carbocycles. The second-order valence-corrected chi connectivity index (χ2v) is 8.17. The van der Waals surface area contributed by atoms with Crippen LogP contribution >= 0.6 is 0 Å². The lowest BCUT2D eigenvalue weighted by atomic mass is 9.84. The predicted octanol–water partition coefficient (Wildman–Crippen LogP) is 1.04. The van der Waals surface area contributed by atoms with Gasteiger partial charge in [0, 0.05) is 43.8 Å². The fourth-order valence-corrected chi connectivity index (χ4v) is 4.75. The number of anilines is 1. The Bertz CT molecular complexity index is 704. The number of benzene rings is 1. The summed E-state index contributed by atoms with van der Waals surface area (Å²) < 4.78 is 0. The lowest BCUT2D eigenvalue weighted by Crippen LogP contribution is -2.65. The third-order valence-electron chi connectivity index (χ3n) is 6.65. The highest BCUT2D eigenvalue weighted by Gasteiger charge is 2.52. The molecule has 0 aromatic heterocycles. The standard InChI is InChI=1S/C20H26N4O2/c25-18(15-6-7-15)23-12-17(13-23)22-10-8-20(9-11-22)19(26)21-14-24(20)16-4-2-1-3-5-16/h1-5,15,17H,6-14H2,(H,21,26). The molecule has 4 fully saturated rings. The van der Waals surface area contributed by atoms with E-state index in [2.05, 4.69) is 27.2 Å². The van der Waals surface area contributed by atoms with E-state index in [1.165, 1.54) is 0 Å². The van der Waals surface area contributed by atoms with Crippen LogP contribution in [-0.4, -0.2) is 66.0 Å². The highest BCUT2D eigenvalue weighted by molar-refractivity contribution is 5.93. The Morgan fingerprint density at radius 3 is 2.42 bits per heavy atom. The Hall–Kier alpha value is -2.08. The number of hydrogen-bond donors (Lipinski definition) is 1. The van der Waals surface area contributed by atoms with E-state index in [0.717, 1.165) is 57.5 Å². The quantitative estimate of drug-likeness (QED) is 0.881. The minimum absolute atomic E-state index is 0.167. The van der Waals surface area contributed by atoms with Crippen molar-refractivity contribution in [1.29, 1.82) is 0 Å². The zero-order valence-electron chi connectivity index (χ0n) is 15.1. The summed E-state index contributed by atoms with van der Waals surface area (Å²) in [4.78, 5) is 31.6. The molecule has 0 unspecified atom stereocenters. The minimum atomic E-state index is -0.412. The highest BCUT2D eigenvalue weighted by Crippen LogP contribution is 2.38. The van der Waals surface area contributed by atoms with E-state index in [-0.39, 0.29) is 5.91 Å². The van der Waals surface area contributed by atoms with E-state index in [9.17, 15) is 9.59 Å².